The van der Waals surface area contributed by atoms with E-state index in [1.807, 2.05) is 20.8 Å². The zero-order chi connectivity index (χ0) is 27.9. The van der Waals surface area contributed by atoms with E-state index in [4.69, 9.17) is 19.5 Å². The second kappa shape index (κ2) is 70.0. The molecular weight excluding hydrogens is 432 g/mol. The van der Waals surface area contributed by atoms with Crippen LogP contribution < -0.4 is 0 Å². The number of aliphatic hydroxyl groups excluding tert-OH is 2. The van der Waals surface area contributed by atoms with E-state index in [1.165, 1.54) is 0 Å². The summed E-state index contributed by atoms with van der Waals surface area (Å²) in [6, 6.07) is 0. The molecule has 0 fully saturated rings. The third kappa shape index (κ3) is 119. The van der Waals surface area contributed by atoms with Gasteiger partial charge in [0, 0.05) is 13.2 Å². The van der Waals surface area contributed by atoms with E-state index in [1.54, 1.807) is 0 Å². The second-order valence-corrected chi connectivity index (χ2v) is 5.45. The van der Waals surface area contributed by atoms with Gasteiger partial charge in [0.1, 0.15) is 0 Å². The Bertz CT molecular complexity index is 335. The molecule has 0 spiro atoms. The Balaban J connectivity index is -0.0000000421. The van der Waals surface area contributed by atoms with Crippen LogP contribution in [-0.4, -0.2) is 56.2 Å². The quantitative estimate of drug-likeness (QED) is 0.254. The van der Waals surface area contributed by atoms with Crippen LogP contribution in [0.2, 0.25) is 0 Å². The Kier molecular flexibility index (Phi) is 115. The van der Waals surface area contributed by atoms with Crippen LogP contribution in [0.25, 0.3) is 0 Å². The predicted molar refractivity (Wildman–Crippen MR) is 143 cm³/mol. The minimum Gasteiger partial charge on any atom is -0.394 e. The number of hydrogen-bond acceptors (Lipinski definition) is 6. The molecule has 0 aromatic rings. The minimum absolute atomic E-state index is 0.0926. The van der Waals surface area contributed by atoms with E-state index in [2.05, 4.69) is 76.9 Å². The fourth-order valence-corrected chi connectivity index (χ4v) is 1.65. The molecule has 1 atom stereocenters. The predicted octanol–water partition coefficient (Wildman–Crippen LogP) is 6.05. The first-order chi connectivity index (χ1) is 15.3. The normalized spacial score (nSPS) is 8.72. The molecule has 0 amide bonds. The summed E-state index contributed by atoms with van der Waals surface area (Å²) in [4.78, 5) is 0. The van der Waals surface area contributed by atoms with Gasteiger partial charge in [-0.3, -0.25) is 4.55 Å². The molecule has 32 heavy (non-hydrogen) atoms. The zero-order valence-corrected chi connectivity index (χ0v) is 22.2. The molecular formula is C24H54O7S. The summed E-state index contributed by atoms with van der Waals surface area (Å²) in [6.45, 7) is 39.6. The first kappa shape index (κ1) is 52.4. The van der Waals surface area contributed by atoms with E-state index < -0.39 is 10.4 Å². The Morgan fingerprint density at radius 3 is 1.25 bits per heavy atom. The molecule has 198 valence electrons. The van der Waals surface area contributed by atoms with Crippen molar-refractivity contribution in [2.45, 2.75) is 53.4 Å². The van der Waals surface area contributed by atoms with Crippen LogP contribution in [-0.2, 0) is 19.3 Å². The van der Waals surface area contributed by atoms with Crippen LogP contribution in [0.3, 0.4) is 0 Å². The van der Waals surface area contributed by atoms with Gasteiger partial charge in [-0.05, 0) is 26.2 Å². The van der Waals surface area contributed by atoms with Crippen LogP contribution >= 0.6 is 0 Å². The molecule has 0 heterocycles. The van der Waals surface area contributed by atoms with E-state index in [0.29, 0.717) is 0 Å². The molecule has 0 aliphatic rings. The lowest BCUT2D eigenvalue weighted by atomic mass is 10.0. The van der Waals surface area contributed by atoms with Crippen LogP contribution in [0.1, 0.15) is 53.4 Å². The van der Waals surface area contributed by atoms with Crippen molar-refractivity contribution in [2.75, 3.05) is 33.0 Å². The lowest BCUT2D eigenvalue weighted by Gasteiger charge is -2.12. The highest BCUT2D eigenvalue weighted by Crippen LogP contribution is 2.13. The van der Waals surface area contributed by atoms with E-state index >= 15 is 0 Å². The summed E-state index contributed by atoms with van der Waals surface area (Å²) < 4.78 is 38.0. The van der Waals surface area contributed by atoms with Gasteiger partial charge < -0.3 is 14.9 Å². The summed E-state index contributed by atoms with van der Waals surface area (Å²) in [7, 11) is -4.25. The van der Waals surface area contributed by atoms with Gasteiger partial charge in [0.25, 0.3) is 0 Å². The summed E-state index contributed by atoms with van der Waals surface area (Å²) in [5.74, 6) is 0.224. The molecule has 0 aromatic carbocycles. The molecule has 0 saturated carbocycles. The van der Waals surface area contributed by atoms with Gasteiger partial charge in [0.05, 0.1) is 19.8 Å². The smallest absolute Gasteiger partial charge is 0.394 e. The van der Waals surface area contributed by atoms with Crippen molar-refractivity contribution in [1.82, 2.24) is 0 Å². The Hall–Kier alpha value is -1.55. The third-order valence-corrected chi connectivity index (χ3v) is 2.94. The molecule has 0 aliphatic heterocycles. The standard InChI is InChI=1S/C8H18O4S.C4H10O.C2H6O2.5C2H4/c1-3-5-6-8(4-2)7-12-13(9,10)11;1-3-5-4-2;3-1-2-4;5*1-2/h8H,3-7H2,1-2H3,(H,9,10,11);3-4H2,1-2H3;3-4H,1-2H2;5*1-2H2. The van der Waals surface area contributed by atoms with Gasteiger partial charge >= 0.3 is 10.4 Å². The van der Waals surface area contributed by atoms with Crippen molar-refractivity contribution < 1.29 is 32.1 Å². The number of unbranched alkanes of at least 4 members (excludes halogenated alkanes) is 1. The fraction of sp³-hybridized carbons (Fsp3) is 0.583. The minimum atomic E-state index is -4.25. The van der Waals surface area contributed by atoms with Gasteiger partial charge in [0.2, 0.25) is 0 Å². The lowest BCUT2D eigenvalue weighted by molar-refractivity contribution is 0.162. The Labute approximate surface area is 200 Å². The molecule has 0 saturated heterocycles. The highest BCUT2D eigenvalue weighted by molar-refractivity contribution is 7.80. The number of hydrogen-bond donors (Lipinski definition) is 3. The van der Waals surface area contributed by atoms with Gasteiger partial charge in [-0.25, -0.2) is 4.18 Å². The van der Waals surface area contributed by atoms with Gasteiger partial charge in [-0.1, -0.05) is 33.1 Å². The summed E-state index contributed by atoms with van der Waals surface area (Å²) in [6.07, 6.45) is 3.97. The molecule has 1 unspecified atom stereocenters. The highest BCUT2D eigenvalue weighted by atomic mass is 32.3. The average Bonchev–Trinajstić information content (AvgIpc) is 2.86. The van der Waals surface area contributed by atoms with Crippen LogP contribution in [0, 0.1) is 5.92 Å². The van der Waals surface area contributed by atoms with Crippen molar-refractivity contribution in [2.24, 2.45) is 5.92 Å². The Morgan fingerprint density at radius 2 is 1.09 bits per heavy atom. The maximum Gasteiger partial charge on any atom is 0.397 e. The maximum absolute atomic E-state index is 10.3. The van der Waals surface area contributed by atoms with Crippen molar-refractivity contribution in [3.05, 3.63) is 65.8 Å². The average molecular weight is 487 g/mol. The summed E-state index contributed by atoms with van der Waals surface area (Å²) >= 11 is 0. The second-order valence-electron chi connectivity index (χ2n) is 4.36. The molecule has 0 bridgehead atoms. The molecule has 0 rings (SSSR count). The van der Waals surface area contributed by atoms with E-state index in [-0.39, 0.29) is 25.7 Å². The molecule has 0 radical (unpaired) electrons. The van der Waals surface area contributed by atoms with Gasteiger partial charge in [-0.15, -0.1) is 65.8 Å². The van der Waals surface area contributed by atoms with Gasteiger partial charge in [0.15, 0.2) is 0 Å². The van der Waals surface area contributed by atoms with Crippen molar-refractivity contribution in [3.63, 3.8) is 0 Å². The first-order valence-electron chi connectivity index (χ1n) is 10.2. The van der Waals surface area contributed by atoms with Crippen LogP contribution in [0.15, 0.2) is 65.8 Å². The molecule has 0 aromatic heterocycles. The number of aliphatic hydroxyl groups is 2. The van der Waals surface area contributed by atoms with Crippen molar-refractivity contribution in [3.8, 4) is 0 Å². The molecule has 7 nitrogen and oxygen atoms in total. The van der Waals surface area contributed by atoms with Crippen LogP contribution in [0.5, 0.6) is 0 Å². The maximum atomic E-state index is 10.3. The van der Waals surface area contributed by atoms with Gasteiger partial charge in [-0.2, -0.15) is 8.42 Å². The summed E-state index contributed by atoms with van der Waals surface area (Å²) in [5, 5.41) is 15.2. The number of ether oxygens (including phenoxy) is 1. The summed E-state index contributed by atoms with van der Waals surface area (Å²) in [5.41, 5.74) is 0. The highest BCUT2D eigenvalue weighted by Gasteiger charge is 2.11. The SMILES string of the molecule is C=C.C=C.C=C.C=C.C=C.CCCCC(CC)COS(=O)(=O)O.CCOCC.OCCO. The number of rotatable bonds is 10. The molecule has 0 aliphatic carbocycles. The van der Waals surface area contributed by atoms with E-state index in [9.17, 15) is 8.42 Å². The zero-order valence-electron chi connectivity index (χ0n) is 21.4. The molecule has 8 heteroatoms. The van der Waals surface area contributed by atoms with Crippen molar-refractivity contribution in [1.29, 1.82) is 0 Å². The van der Waals surface area contributed by atoms with Crippen molar-refractivity contribution >= 4 is 10.4 Å². The molecule has 3 N–H and O–H groups in total. The largest absolute Gasteiger partial charge is 0.397 e. The van der Waals surface area contributed by atoms with E-state index in [0.717, 1.165) is 38.9 Å². The monoisotopic (exact) mass is 486 g/mol. The Morgan fingerprint density at radius 1 is 0.750 bits per heavy atom. The third-order valence-electron chi connectivity index (χ3n) is 2.50. The first-order valence-corrected chi connectivity index (χ1v) is 11.6. The lowest BCUT2D eigenvalue weighted by Crippen LogP contribution is -2.13. The topological polar surface area (TPSA) is 113 Å². The fourth-order valence-electron chi connectivity index (χ4n) is 1.28. The van der Waals surface area contributed by atoms with Crippen LogP contribution in [0.4, 0.5) is 0 Å².